The molecule has 1 rings (SSSR count). The van der Waals surface area contributed by atoms with Crippen LogP contribution in [-0.4, -0.2) is 32.3 Å². The highest BCUT2D eigenvalue weighted by atomic mass is 19.4. The zero-order chi connectivity index (χ0) is 15.0. The second kappa shape index (κ2) is 8.37. The van der Waals surface area contributed by atoms with Gasteiger partial charge in [0.15, 0.2) is 5.96 Å². The average molecular weight is 293 g/mol. The van der Waals surface area contributed by atoms with Crippen molar-refractivity contribution in [2.24, 2.45) is 16.8 Å². The lowest BCUT2D eigenvalue weighted by Crippen LogP contribution is -2.41. The van der Waals surface area contributed by atoms with Gasteiger partial charge in [-0.05, 0) is 24.7 Å². The molecule has 1 saturated carbocycles. The van der Waals surface area contributed by atoms with Crippen molar-refractivity contribution in [2.45, 2.75) is 51.6 Å². The van der Waals surface area contributed by atoms with Gasteiger partial charge in [-0.2, -0.15) is 13.2 Å². The lowest BCUT2D eigenvalue weighted by molar-refractivity contribution is -0.132. The van der Waals surface area contributed by atoms with Crippen LogP contribution in [0.25, 0.3) is 0 Å². The smallest absolute Gasteiger partial charge is 0.356 e. The average Bonchev–Trinajstić information content (AvgIpc) is 2.42. The van der Waals surface area contributed by atoms with Crippen LogP contribution in [0.1, 0.15) is 45.4 Å². The maximum absolute atomic E-state index is 12.1. The van der Waals surface area contributed by atoms with Crippen molar-refractivity contribution in [2.75, 3.05) is 20.1 Å². The molecule has 0 aromatic heterocycles. The fraction of sp³-hybridized carbons (Fsp3) is 0.929. The van der Waals surface area contributed by atoms with Gasteiger partial charge in [0.2, 0.25) is 0 Å². The van der Waals surface area contributed by atoms with Gasteiger partial charge in [0.25, 0.3) is 0 Å². The van der Waals surface area contributed by atoms with Crippen LogP contribution in [0.15, 0.2) is 4.99 Å². The van der Waals surface area contributed by atoms with Crippen molar-refractivity contribution in [3.63, 3.8) is 0 Å². The van der Waals surface area contributed by atoms with Gasteiger partial charge < -0.3 is 10.6 Å². The van der Waals surface area contributed by atoms with Crippen LogP contribution in [0, 0.1) is 11.8 Å². The van der Waals surface area contributed by atoms with E-state index in [4.69, 9.17) is 0 Å². The Kier molecular flexibility index (Phi) is 7.16. The maximum atomic E-state index is 12.1. The molecule has 6 heteroatoms. The number of halogens is 3. The van der Waals surface area contributed by atoms with Gasteiger partial charge in [-0.3, -0.25) is 4.99 Å². The quantitative estimate of drug-likeness (QED) is 0.602. The first-order chi connectivity index (χ1) is 9.44. The molecule has 0 bridgehead atoms. The Morgan fingerprint density at radius 1 is 1.10 bits per heavy atom. The van der Waals surface area contributed by atoms with E-state index in [1.165, 1.54) is 32.1 Å². The SMILES string of the molecule is CCC1CCC(CNC(=NC)NCCC(F)(F)F)CC1. The molecule has 0 saturated heterocycles. The van der Waals surface area contributed by atoms with Crippen LogP contribution in [0.3, 0.4) is 0 Å². The highest BCUT2D eigenvalue weighted by Gasteiger charge is 2.26. The highest BCUT2D eigenvalue weighted by molar-refractivity contribution is 5.79. The summed E-state index contributed by atoms with van der Waals surface area (Å²) in [5.41, 5.74) is 0. The Balaban J connectivity index is 2.19. The van der Waals surface area contributed by atoms with Gasteiger partial charge in [-0.25, -0.2) is 0 Å². The molecule has 118 valence electrons. The van der Waals surface area contributed by atoms with Crippen molar-refractivity contribution >= 4 is 5.96 Å². The number of nitrogens with one attached hydrogen (secondary N) is 2. The molecule has 0 aromatic carbocycles. The van der Waals surface area contributed by atoms with Gasteiger partial charge in [0, 0.05) is 20.1 Å². The van der Waals surface area contributed by atoms with E-state index < -0.39 is 12.6 Å². The predicted octanol–water partition coefficient (Wildman–Crippen LogP) is 3.32. The topological polar surface area (TPSA) is 36.4 Å². The van der Waals surface area contributed by atoms with Crippen LogP contribution in [-0.2, 0) is 0 Å². The van der Waals surface area contributed by atoms with E-state index in [9.17, 15) is 13.2 Å². The first-order valence-electron chi connectivity index (χ1n) is 7.46. The lowest BCUT2D eigenvalue weighted by Gasteiger charge is -2.28. The van der Waals surface area contributed by atoms with Crippen LogP contribution >= 0.6 is 0 Å². The summed E-state index contributed by atoms with van der Waals surface area (Å²) in [7, 11) is 1.58. The normalized spacial score (nSPS) is 24.6. The molecule has 3 nitrogen and oxygen atoms in total. The highest BCUT2D eigenvalue weighted by Crippen LogP contribution is 2.30. The summed E-state index contributed by atoms with van der Waals surface area (Å²) < 4.78 is 36.2. The van der Waals surface area contributed by atoms with Crippen LogP contribution < -0.4 is 10.6 Å². The summed E-state index contributed by atoms with van der Waals surface area (Å²) in [6, 6.07) is 0. The van der Waals surface area contributed by atoms with E-state index in [0.717, 1.165) is 12.5 Å². The van der Waals surface area contributed by atoms with E-state index in [0.29, 0.717) is 11.9 Å². The van der Waals surface area contributed by atoms with Crippen LogP contribution in [0.5, 0.6) is 0 Å². The molecular formula is C14H26F3N3. The number of alkyl halides is 3. The number of hydrogen-bond acceptors (Lipinski definition) is 1. The third-order valence-electron chi connectivity index (χ3n) is 4.03. The van der Waals surface area contributed by atoms with Crippen molar-refractivity contribution < 1.29 is 13.2 Å². The first kappa shape index (κ1) is 17.1. The zero-order valence-corrected chi connectivity index (χ0v) is 12.4. The van der Waals surface area contributed by atoms with E-state index >= 15 is 0 Å². The van der Waals surface area contributed by atoms with Gasteiger partial charge >= 0.3 is 6.18 Å². The van der Waals surface area contributed by atoms with E-state index in [2.05, 4.69) is 22.5 Å². The fourth-order valence-corrected chi connectivity index (χ4v) is 2.63. The monoisotopic (exact) mass is 293 g/mol. The molecule has 0 amide bonds. The van der Waals surface area contributed by atoms with Gasteiger partial charge in [0.05, 0.1) is 6.42 Å². The summed E-state index contributed by atoms with van der Waals surface area (Å²) in [4.78, 5) is 3.95. The molecular weight excluding hydrogens is 267 g/mol. The fourth-order valence-electron chi connectivity index (χ4n) is 2.63. The molecule has 0 spiro atoms. The number of rotatable bonds is 5. The Hall–Kier alpha value is -0.940. The maximum Gasteiger partial charge on any atom is 0.390 e. The van der Waals surface area contributed by atoms with E-state index in [1.54, 1.807) is 7.05 Å². The Morgan fingerprint density at radius 3 is 2.20 bits per heavy atom. The van der Waals surface area contributed by atoms with E-state index in [-0.39, 0.29) is 6.54 Å². The van der Waals surface area contributed by atoms with Crippen LogP contribution in [0.2, 0.25) is 0 Å². The Morgan fingerprint density at radius 2 is 1.70 bits per heavy atom. The molecule has 0 radical (unpaired) electrons. The number of aliphatic imine (C=N–C) groups is 1. The molecule has 0 atom stereocenters. The molecule has 0 aliphatic heterocycles. The largest absolute Gasteiger partial charge is 0.390 e. The van der Waals surface area contributed by atoms with Crippen LogP contribution in [0.4, 0.5) is 13.2 Å². The molecule has 2 N–H and O–H groups in total. The van der Waals surface area contributed by atoms with Crippen molar-refractivity contribution in [1.29, 1.82) is 0 Å². The summed E-state index contributed by atoms with van der Waals surface area (Å²) in [5.74, 6) is 1.93. The second-order valence-electron chi connectivity index (χ2n) is 5.54. The summed E-state index contributed by atoms with van der Waals surface area (Å²) in [6.07, 6.45) is 1.22. The molecule has 0 aromatic rings. The molecule has 0 heterocycles. The van der Waals surface area contributed by atoms with Crippen molar-refractivity contribution in [1.82, 2.24) is 10.6 Å². The molecule has 20 heavy (non-hydrogen) atoms. The predicted molar refractivity (Wildman–Crippen MR) is 75.8 cm³/mol. The summed E-state index contributed by atoms with van der Waals surface area (Å²) in [6.45, 7) is 2.89. The summed E-state index contributed by atoms with van der Waals surface area (Å²) >= 11 is 0. The van der Waals surface area contributed by atoms with Gasteiger partial charge in [0.1, 0.15) is 0 Å². The molecule has 1 aliphatic carbocycles. The Labute approximate surface area is 119 Å². The number of nitrogens with zero attached hydrogens (tertiary/aromatic N) is 1. The molecule has 1 fully saturated rings. The third kappa shape index (κ3) is 7.01. The Bertz CT molecular complexity index is 295. The second-order valence-corrected chi connectivity index (χ2v) is 5.54. The minimum atomic E-state index is -4.12. The number of hydrogen-bond donors (Lipinski definition) is 2. The minimum Gasteiger partial charge on any atom is -0.356 e. The summed E-state index contributed by atoms with van der Waals surface area (Å²) in [5, 5.41) is 5.83. The standard InChI is InChI=1S/C14H26F3N3/c1-3-11-4-6-12(7-5-11)10-20-13(18-2)19-9-8-14(15,16)17/h11-12H,3-10H2,1-2H3,(H2,18,19,20). The van der Waals surface area contributed by atoms with Gasteiger partial charge in [-0.1, -0.05) is 26.2 Å². The minimum absolute atomic E-state index is 0.133. The third-order valence-corrected chi connectivity index (χ3v) is 4.03. The van der Waals surface area contributed by atoms with Crippen molar-refractivity contribution in [3.05, 3.63) is 0 Å². The van der Waals surface area contributed by atoms with Crippen molar-refractivity contribution in [3.8, 4) is 0 Å². The lowest BCUT2D eigenvalue weighted by atomic mass is 9.81. The first-order valence-corrected chi connectivity index (χ1v) is 7.46. The van der Waals surface area contributed by atoms with E-state index in [1.807, 2.05) is 0 Å². The molecule has 0 unspecified atom stereocenters. The number of guanidine groups is 1. The van der Waals surface area contributed by atoms with Gasteiger partial charge in [-0.15, -0.1) is 0 Å². The zero-order valence-electron chi connectivity index (χ0n) is 12.4. The molecule has 1 aliphatic rings.